The van der Waals surface area contributed by atoms with Gasteiger partial charge in [0, 0.05) is 68.5 Å². The predicted octanol–water partition coefficient (Wildman–Crippen LogP) is 2.06. The van der Waals surface area contributed by atoms with Gasteiger partial charge in [-0.05, 0) is 30.3 Å². The fourth-order valence-electron chi connectivity index (χ4n) is 3.86. The summed E-state index contributed by atoms with van der Waals surface area (Å²) < 4.78 is 25.5. The average molecular weight is 455 g/mol. The number of nitrogens with one attached hydrogen (secondary N) is 1. The summed E-state index contributed by atoms with van der Waals surface area (Å²) in [5, 5.41) is 0.922. The number of hydrogen-bond acceptors (Lipinski definition) is 5. The lowest BCUT2D eigenvalue weighted by Gasteiger charge is -2.34. The normalized spacial score (nSPS) is 15.4. The minimum absolute atomic E-state index is 0.0555. The molecular formula is C23H26N4O4S. The Labute approximate surface area is 187 Å². The van der Waals surface area contributed by atoms with E-state index in [2.05, 4.69) is 9.88 Å². The van der Waals surface area contributed by atoms with E-state index >= 15 is 0 Å². The minimum atomic E-state index is -3.53. The van der Waals surface area contributed by atoms with Gasteiger partial charge in [0.15, 0.2) is 5.78 Å². The Bertz CT molecular complexity index is 1240. The van der Waals surface area contributed by atoms with E-state index in [-0.39, 0.29) is 16.6 Å². The molecule has 0 aliphatic carbocycles. The highest BCUT2D eigenvalue weighted by molar-refractivity contribution is 7.89. The van der Waals surface area contributed by atoms with Crippen LogP contribution in [0.4, 0.5) is 0 Å². The summed E-state index contributed by atoms with van der Waals surface area (Å²) in [6.07, 6.45) is 1.76. The predicted molar refractivity (Wildman–Crippen MR) is 122 cm³/mol. The quantitative estimate of drug-likeness (QED) is 0.576. The first-order chi connectivity index (χ1) is 15.3. The van der Waals surface area contributed by atoms with Crippen molar-refractivity contribution >= 4 is 32.6 Å². The monoisotopic (exact) mass is 454 g/mol. The van der Waals surface area contributed by atoms with E-state index in [0.717, 1.165) is 15.2 Å². The van der Waals surface area contributed by atoms with Crippen LogP contribution < -0.4 is 0 Å². The van der Waals surface area contributed by atoms with Gasteiger partial charge < -0.3 is 9.88 Å². The van der Waals surface area contributed by atoms with Crippen LogP contribution in [0.25, 0.3) is 10.9 Å². The van der Waals surface area contributed by atoms with Crippen molar-refractivity contribution in [2.75, 3.05) is 46.8 Å². The summed E-state index contributed by atoms with van der Waals surface area (Å²) in [5.74, 6) is -0.0821. The maximum atomic E-state index is 12.8. The molecule has 9 heteroatoms. The van der Waals surface area contributed by atoms with Gasteiger partial charge in [-0.15, -0.1) is 0 Å². The minimum Gasteiger partial charge on any atom is -0.360 e. The molecule has 1 amide bonds. The van der Waals surface area contributed by atoms with E-state index in [1.165, 1.54) is 26.2 Å². The summed E-state index contributed by atoms with van der Waals surface area (Å²) in [6.45, 7) is 2.54. The molecule has 0 atom stereocenters. The number of piperazine rings is 1. The number of ketones is 1. The molecule has 8 nitrogen and oxygen atoms in total. The third-order valence-corrected chi connectivity index (χ3v) is 7.63. The number of hydrogen-bond donors (Lipinski definition) is 1. The molecule has 1 N–H and O–H groups in total. The molecule has 3 aromatic rings. The third-order valence-electron chi connectivity index (χ3n) is 5.80. The highest BCUT2D eigenvalue weighted by atomic mass is 32.2. The number of sulfonamides is 1. The van der Waals surface area contributed by atoms with Crippen LogP contribution >= 0.6 is 0 Å². The molecule has 32 heavy (non-hydrogen) atoms. The second kappa shape index (κ2) is 8.85. The number of benzene rings is 2. The van der Waals surface area contributed by atoms with Gasteiger partial charge >= 0.3 is 0 Å². The van der Waals surface area contributed by atoms with Gasteiger partial charge in [-0.25, -0.2) is 12.7 Å². The Morgan fingerprint density at radius 3 is 2.28 bits per heavy atom. The maximum Gasteiger partial charge on any atom is 0.253 e. The maximum absolute atomic E-state index is 12.8. The molecule has 1 aromatic heterocycles. The second-order valence-electron chi connectivity index (χ2n) is 8.05. The topological polar surface area (TPSA) is 93.8 Å². The van der Waals surface area contributed by atoms with Gasteiger partial charge in [-0.3, -0.25) is 14.5 Å². The zero-order valence-corrected chi connectivity index (χ0v) is 18.9. The van der Waals surface area contributed by atoms with E-state index < -0.39 is 10.0 Å². The first kappa shape index (κ1) is 22.2. The summed E-state index contributed by atoms with van der Waals surface area (Å²) >= 11 is 0. The van der Waals surface area contributed by atoms with Gasteiger partial charge in [-0.2, -0.15) is 0 Å². The van der Waals surface area contributed by atoms with Crippen LogP contribution in [0.5, 0.6) is 0 Å². The molecule has 0 bridgehead atoms. The number of Topliss-reactive ketones (excluding diaryl/α,β-unsaturated/α-hetero) is 1. The molecule has 0 unspecified atom stereocenters. The lowest BCUT2D eigenvalue weighted by molar-refractivity contribution is 0.0624. The summed E-state index contributed by atoms with van der Waals surface area (Å²) in [5.41, 5.74) is 2.08. The fourth-order valence-corrected chi connectivity index (χ4v) is 4.76. The van der Waals surface area contributed by atoms with Crippen LogP contribution in [-0.2, 0) is 10.0 Å². The molecule has 1 aliphatic heterocycles. The Morgan fingerprint density at radius 1 is 0.969 bits per heavy atom. The van der Waals surface area contributed by atoms with Crippen LogP contribution in [0.3, 0.4) is 0 Å². The molecule has 4 rings (SSSR count). The van der Waals surface area contributed by atoms with Gasteiger partial charge in [0.2, 0.25) is 10.0 Å². The van der Waals surface area contributed by atoms with E-state index in [1.807, 2.05) is 24.3 Å². The highest BCUT2D eigenvalue weighted by Crippen LogP contribution is 2.19. The Morgan fingerprint density at radius 2 is 1.62 bits per heavy atom. The van der Waals surface area contributed by atoms with Crippen molar-refractivity contribution in [1.29, 1.82) is 0 Å². The third kappa shape index (κ3) is 4.32. The smallest absolute Gasteiger partial charge is 0.253 e. The average Bonchev–Trinajstić information content (AvgIpc) is 3.23. The molecule has 1 fully saturated rings. The van der Waals surface area contributed by atoms with Crippen molar-refractivity contribution in [2.24, 2.45) is 0 Å². The van der Waals surface area contributed by atoms with Crippen LogP contribution in [0, 0.1) is 0 Å². The molecule has 2 aromatic carbocycles. The van der Waals surface area contributed by atoms with Gasteiger partial charge in [0.25, 0.3) is 5.91 Å². The molecular weight excluding hydrogens is 428 g/mol. The molecule has 168 valence electrons. The highest BCUT2D eigenvalue weighted by Gasteiger charge is 2.25. The fraction of sp³-hybridized carbons (Fsp3) is 0.304. The standard InChI is InChI=1S/C23H26N4O4S/c1-25(2)32(30,31)18-9-7-17(8-10-18)23(29)27-13-11-26(12-14-27)16-22(28)20-15-24-21-6-4-3-5-19(20)21/h3-10,15,24H,11-14,16H2,1-2H3. The number of aromatic amines is 1. The molecule has 0 saturated carbocycles. The van der Waals surface area contributed by atoms with Crippen LogP contribution in [-0.4, -0.2) is 86.0 Å². The van der Waals surface area contributed by atoms with E-state index in [9.17, 15) is 18.0 Å². The first-order valence-corrected chi connectivity index (χ1v) is 11.8. The number of amides is 1. The van der Waals surface area contributed by atoms with Crippen LogP contribution in [0.1, 0.15) is 20.7 Å². The van der Waals surface area contributed by atoms with Gasteiger partial charge in [0.05, 0.1) is 11.4 Å². The van der Waals surface area contributed by atoms with Crippen LogP contribution in [0.2, 0.25) is 0 Å². The molecule has 0 spiro atoms. The summed E-state index contributed by atoms with van der Waals surface area (Å²) in [6, 6.07) is 13.7. The Hall–Kier alpha value is -3.01. The van der Waals surface area contributed by atoms with E-state index in [4.69, 9.17) is 0 Å². The van der Waals surface area contributed by atoms with Crippen molar-refractivity contribution in [3.05, 3.63) is 65.9 Å². The van der Waals surface area contributed by atoms with Crippen molar-refractivity contribution in [1.82, 2.24) is 19.1 Å². The van der Waals surface area contributed by atoms with Gasteiger partial charge in [0.1, 0.15) is 0 Å². The number of carbonyl (C=O) groups excluding carboxylic acids is 2. The van der Waals surface area contributed by atoms with Gasteiger partial charge in [-0.1, -0.05) is 18.2 Å². The largest absolute Gasteiger partial charge is 0.360 e. The molecule has 1 saturated heterocycles. The molecule has 2 heterocycles. The van der Waals surface area contributed by atoms with Crippen molar-refractivity contribution in [2.45, 2.75) is 4.90 Å². The Kier molecular flexibility index (Phi) is 6.14. The number of aromatic nitrogens is 1. The number of fused-ring (bicyclic) bond motifs is 1. The number of rotatable bonds is 6. The molecule has 1 aliphatic rings. The van der Waals surface area contributed by atoms with Crippen molar-refractivity contribution in [3.63, 3.8) is 0 Å². The number of para-hydroxylation sites is 1. The summed E-state index contributed by atoms with van der Waals surface area (Å²) in [7, 11) is -0.589. The zero-order chi connectivity index (χ0) is 22.9. The number of carbonyl (C=O) groups is 2. The van der Waals surface area contributed by atoms with Crippen molar-refractivity contribution in [3.8, 4) is 0 Å². The zero-order valence-electron chi connectivity index (χ0n) is 18.1. The summed E-state index contributed by atoms with van der Waals surface area (Å²) in [4.78, 5) is 32.7. The Balaban J connectivity index is 1.35. The lowest BCUT2D eigenvalue weighted by atomic mass is 10.1. The van der Waals surface area contributed by atoms with Crippen molar-refractivity contribution < 1.29 is 18.0 Å². The number of H-pyrrole nitrogens is 1. The second-order valence-corrected chi connectivity index (χ2v) is 10.2. The van der Waals surface area contributed by atoms with E-state index in [1.54, 1.807) is 23.2 Å². The SMILES string of the molecule is CN(C)S(=O)(=O)c1ccc(C(=O)N2CCN(CC(=O)c3c[nH]c4ccccc34)CC2)cc1. The lowest BCUT2D eigenvalue weighted by Crippen LogP contribution is -2.49. The van der Waals surface area contributed by atoms with E-state index in [0.29, 0.717) is 43.9 Å². The first-order valence-electron chi connectivity index (χ1n) is 10.4. The molecule has 0 radical (unpaired) electrons. The van der Waals surface area contributed by atoms with Crippen LogP contribution in [0.15, 0.2) is 59.6 Å². The number of nitrogens with zero attached hydrogens (tertiary/aromatic N) is 3.